The van der Waals surface area contributed by atoms with Crippen molar-refractivity contribution < 1.29 is 19.0 Å². The van der Waals surface area contributed by atoms with E-state index in [1.807, 2.05) is 6.92 Å². The van der Waals surface area contributed by atoms with Crippen LogP contribution in [0.1, 0.15) is 31.7 Å². The van der Waals surface area contributed by atoms with Crippen molar-refractivity contribution in [3.05, 3.63) is 28.5 Å². The van der Waals surface area contributed by atoms with Gasteiger partial charge in [0, 0.05) is 25.0 Å². The van der Waals surface area contributed by atoms with Gasteiger partial charge in [-0.15, -0.1) is 0 Å². The van der Waals surface area contributed by atoms with Gasteiger partial charge < -0.3 is 14.6 Å². The average Bonchev–Trinajstić information content (AvgIpc) is 2.55. The van der Waals surface area contributed by atoms with Crippen molar-refractivity contribution in [1.29, 1.82) is 0 Å². The highest BCUT2D eigenvalue weighted by Gasteiger charge is 2.55. The summed E-state index contributed by atoms with van der Waals surface area (Å²) >= 11 is 6.07. The molecule has 24 heavy (non-hydrogen) atoms. The number of methoxy groups -OCH3 is 1. The number of likely N-dealkylation sites (tertiary alicyclic amines) is 1. The summed E-state index contributed by atoms with van der Waals surface area (Å²) in [5.74, 6) is -0.338. The number of hydrogen-bond acceptors (Lipinski definition) is 4. The smallest absolute Gasteiger partial charge is 0.173 e. The molecule has 2 fully saturated rings. The maximum absolute atomic E-state index is 14.0. The van der Waals surface area contributed by atoms with Gasteiger partial charge >= 0.3 is 0 Å². The molecule has 4 nitrogen and oxygen atoms in total. The van der Waals surface area contributed by atoms with E-state index in [0.717, 1.165) is 37.9 Å². The number of benzene rings is 1. The van der Waals surface area contributed by atoms with Crippen molar-refractivity contribution in [2.45, 2.75) is 44.9 Å². The fourth-order valence-corrected chi connectivity index (χ4v) is 4.41. The molecule has 1 aromatic carbocycles. The number of halogens is 2. The zero-order valence-electron chi connectivity index (χ0n) is 14.2. The fraction of sp³-hybridized carbons (Fsp3) is 0.667. The number of aliphatic hydroxyl groups excluding tert-OH is 1. The molecular weight excluding hydrogens is 333 g/mol. The highest BCUT2D eigenvalue weighted by molar-refractivity contribution is 6.32. The minimum Gasteiger partial charge on any atom is -0.492 e. The molecule has 0 radical (unpaired) electrons. The second-order valence-electron chi connectivity index (χ2n) is 6.80. The van der Waals surface area contributed by atoms with Gasteiger partial charge in [0.2, 0.25) is 0 Å². The average molecular weight is 358 g/mol. The molecule has 0 unspecified atom stereocenters. The molecule has 1 aliphatic carbocycles. The van der Waals surface area contributed by atoms with Crippen molar-refractivity contribution in [3.63, 3.8) is 0 Å². The first-order valence-electron chi connectivity index (χ1n) is 8.54. The van der Waals surface area contributed by atoms with Gasteiger partial charge in [-0.25, -0.2) is 4.39 Å². The molecule has 1 saturated heterocycles. The van der Waals surface area contributed by atoms with Gasteiger partial charge in [0.25, 0.3) is 0 Å². The highest BCUT2D eigenvalue weighted by atomic mass is 35.5. The quantitative estimate of drug-likeness (QED) is 0.878. The molecule has 1 N–H and O–H groups in total. The first kappa shape index (κ1) is 17.9. The van der Waals surface area contributed by atoms with Crippen LogP contribution >= 0.6 is 11.6 Å². The minimum absolute atomic E-state index is 0.0880. The summed E-state index contributed by atoms with van der Waals surface area (Å²) in [6, 6.07) is 3.24. The van der Waals surface area contributed by atoms with Gasteiger partial charge in [-0.1, -0.05) is 11.6 Å². The number of hydrogen-bond donors (Lipinski definition) is 1. The first-order valence-corrected chi connectivity index (χ1v) is 8.92. The van der Waals surface area contributed by atoms with E-state index in [9.17, 15) is 9.50 Å². The summed E-state index contributed by atoms with van der Waals surface area (Å²) in [5, 5.41) is 10.5. The lowest BCUT2D eigenvalue weighted by Gasteiger charge is -2.56. The predicted molar refractivity (Wildman–Crippen MR) is 90.9 cm³/mol. The number of rotatable bonds is 5. The van der Waals surface area contributed by atoms with Crippen molar-refractivity contribution in [1.82, 2.24) is 4.90 Å². The van der Waals surface area contributed by atoms with E-state index in [1.54, 1.807) is 6.07 Å². The van der Waals surface area contributed by atoms with Crippen LogP contribution in [-0.4, -0.2) is 49.0 Å². The van der Waals surface area contributed by atoms with Gasteiger partial charge in [0.05, 0.1) is 24.3 Å². The lowest BCUT2D eigenvalue weighted by molar-refractivity contribution is -0.209. The lowest BCUT2D eigenvalue weighted by Crippen LogP contribution is -2.62. The van der Waals surface area contributed by atoms with E-state index in [1.165, 1.54) is 13.2 Å². The third-order valence-electron chi connectivity index (χ3n) is 5.57. The van der Waals surface area contributed by atoms with E-state index in [-0.39, 0.29) is 23.4 Å². The van der Waals surface area contributed by atoms with Gasteiger partial charge in [-0.3, -0.25) is 4.90 Å². The van der Waals surface area contributed by atoms with E-state index < -0.39 is 5.82 Å². The predicted octanol–water partition coefficient (Wildman–Crippen LogP) is 3.24. The molecule has 0 amide bonds. The Labute approximate surface area is 147 Å². The Balaban J connectivity index is 1.62. The second kappa shape index (κ2) is 7.16. The molecule has 0 bridgehead atoms. The van der Waals surface area contributed by atoms with Gasteiger partial charge in [-0.2, -0.15) is 0 Å². The Morgan fingerprint density at radius 3 is 2.62 bits per heavy atom. The van der Waals surface area contributed by atoms with E-state index in [0.29, 0.717) is 18.2 Å². The van der Waals surface area contributed by atoms with Crippen LogP contribution in [0.2, 0.25) is 5.02 Å². The number of ether oxygens (including phenoxy) is 2. The maximum Gasteiger partial charge on any atom is 0.173 e. The SMILES string of the molecule is CCO[C@@H]1C[C@H](O)C12CCN(Cc1cc(F)c(OC)c(Cl)c1)CC2. The summed E-state index contributed by atoms with van der Waals surface area (Å²) in [6.45, 7) is 5.06. The molecule has 2 aliphatic rings. The Morgan fingerprint density at radius 2 is 2.08 bits per heavy atom. The molecule has 6 heteroatoms. The van der Waals surface area contributed by atoms with Gasteiger partial charge in [-0.05, 0) is 50.6 Å². The van der Waals surface area contributed by atoms with Crippen LogP contribution in [0.3, 0.4) is 0 Å². The van der Waals surface area contributed by atoms with Crippen LogP contribution in [-0.2, 0) is 11.3 Å². The van der Waals surface area contributed by atoms with E-state index in [2.05, 4.69) is 4.90 Å². The van der Waals surface area contributed by atoms with Crippen molar-refractivity contribution in [2.75, 3.05) is 26.8 Å². The van der Waals surface area contributed by atoms with Crippen LogP contribution < -0.4 is 4.74 Å². The van der Waals surface area contributed by atoms with Gasteiger partial charge in [0.15, 0.2) is 11.6 Å². The van der Waals surface area contributed by atoms with E-state index in [4.69, 9.17) is 21.1 Å². The molecule has 2 atom stereocenters. The Morgan fingerprint density at radius 1 is 1.38 bits per heavy atom. The third kappa shape index (κ3) is 3.15. The van der Waals surface area contributed by atoms with Crippen LogP contribution in [0, 0.1) is 11.2 Å². The monoisotopic (exact) mass is 357 g/mol. The summed E-state index contributed by atoms with van der Waals surface area (Å²) in [4.78, 5) is 2.27. The topological polar surface area (TPSA) is 41.9 Å². The van der Waals surface area contributed by atoms with Crippen molar-refractivity contribution in [2.24, 2.45) is 5.41 Å². The van der Waals surface area contributed by atoms with Gasteiger partial charge in [0.1, 0.15) is 0 Å². The maximum atomic E-state index is 14.0. The van der Waals surface area contributed by atoms with Crippen LogP contribution in [0.25, 0.3) is 0 Å². The Bertz CT molecular complexity index is 565. The van der Waals surface area contributed by atoms with E-state index >= 15 is 0 Å². The van der Waals surface area contributed by atoms with Crippen LogP contribution in [0.5, 0.6) is 5.75 Å². The molecule has 3 rings (SSSR count). The molecule has 1 saturated carbocycles. The Kier molecular flexibility index (Phi) is 5.35. The zero-order chi connectivity index (χ0) is 17.3. The summed E-state index contributed by atoms with van der Waals surface area (Å²) in [7, 11) is 1.41. The fourth-order valence-electron chi connectivity index (χ4n) is 4.10. The normalized spacial score (nSPS) is 26.4. The summed E-state index contributed by atoms with van der Waals surface area (Å²) < 4.78 is 24.7. The van der Waals surface area contributed by atoms with Crippen molar-refractivity contribution >= 4 is 11.6 Å². The molecule has 1 heterocycles. The molecule has 134 valence electrons. The number of piperidine rings is 1. The van der Waals surface area contributed by atoms with Crippen LogP contribution in [0.15, 0.2) is 12.1 Å². The highest BCUT2D eigenvalue weighted by Crippen LogP contribution is 2.51. The standard InChI is InChI=1S/C18H25ClFNO3/c1-3-24-16-10-15(22)18(16)4-6-21(7-5-18)11-12-8-13(19)17(23-2)14(20)9-12/h8-9,15-16,22H,3-7,10-11H2,1-2H3/t15-,16+/m0/s1. The second-order valence-corrected chi connectivity index (χ2v) is 7.20. The largest absolute Gasteiger partial charge is 0.492 e. The number of aliphatic hydroxyl groups is 1. The minimum atomic E-state index is -0.431. The third-order valence-corrected chi connectivity index (χ3v) is 5.85. The molecule has 1 spiro atoms. The van der Waals surface area contributed by atoms with Crippen molar-refractivity contribution in [3.8, 4) is 5.75 Å². The molecule has 1 aliphatic heterocycles. The van der Waals surface area contributed by atoms with Crippen LogP contribution in [0.4, 0.5) is 4.39 Å². The summed E-state index contributed by atoms with van der Waals surface area (Å²) in [5.41, 5.74) is 0.750. The molecule has 1 aromatic rings. The summed E-state index contributed by atoms with van der Waals surface area (Å²) in [6.07, 6.45) is 2.47. The molecular formula is C18H25ClFNO3. The number of nitrogens with zero attached hydrogens (tertiary/aromatic N) is 1. The first-order chi connectivity index (χ1) is 11.5. The Hall–Kier alpha value is -0.880. The lowest BCUT2D eigenvalue weighted by atomic mass is 9.58. The molecule has 0 aromatic heterocycles. The zero-order valence-corrected chi connectivity index (χ0v) is 15.0.